The van der Waals surface area contributed by atoms with Gasteiger partial charge in [0.05, 0.1) is 12.5 Å². The summed E-state index contributed by atoms with van der Waals surface area (Å²) >= 11 is 0. The molecule has 0 saturated carbocycles. The molecule has 1 N–H and O–H groups in total. The molecule has 1 aliphatic rings. The molecule has 0 amide bonds. The molecule has 0 saturated heterocycles. The number of esters is 1. The van der Waals surface area contributed by atoms with E-state index in [-0.39, 0.29) is 11.9 Å². The maximum absolute atomic E-state index is 12.0. The summed E-state index contributed by atoms with van der Waals surface area (Å²) in [5, 5.41) is 3.25. The van der Waals surface area contributed by atoms with Crippen LogP contribution in [0.4, 0.5) is 0 Å². The summed E-state index contributed by atoms with van der Waals surface area (Å²) in [5.74, 6) is -0.330. The molecular weight excluding hydrogens is 230 g/mol. The van der Waals surface area contributed by atoms with Crippen molar-refractivity contribution < 1.29 is 14.3 Å². The van der Waals surface area contributed by atoms with Gasteiger partial charge in [-0.25, -0.2) is 0 Å². The third kappa shape index (κ3) is 3.09. The summed E-state index contributed by atoms with van der Waals surface area (Å²) in [6, 6.07) is 8.02. The predicted octanol–water partition coefficient (Wildman–Crippen LogP) is 1.45. The molecular formula is C14H19NO3. The van der Waals surface area contributed by atoms with Gasteiger partial charge in [-0.15, -0.1) is 0 Å². The normalized spacial score (nSPS) is 18.2. The Morgan fingerprint density at radius 1 is 1.39 bits per heavy atom. The van der Waals surface area contributed by atoms with E-state index in [0.717, 1.165) is 18.5 Å². The number of rotatable bonds is 5. The molecule has 98 valence electrons. The number of benzene rings is 1. The highest BCUT2D eigenvalue weighted by atomic mass is 16.5. The van der Waals surface area contributed by atoms with E-state index in [1.165, 1.54) is 5.56 Å². The van der Waals surface area contributed by atoms with Crippen LogP contribution >= 0.6 is 0 Å². The minimum atomic E-state index is -0.183. The van der Waals surface area contributed by atoms with Crippen molar-refractivity contribution in [3.8, 4) is 0 Å². The highest BCUT2D eigenvalue weighted by Crippen LogP contribution is 2.24. The number of nitrogens with one attached hydrogen (secondary N) is 1. The van der Waals surface area contributed by atoms with Gasteiger partial charge in [-0.1, -0.05) is 24.3 Å². The van der Waals surface area contributed by atoms with E-state index < -0.39 is 0 Å². The monoisotopic (exact) mass is 249 g/mol. The number of carbonyl (C=O) groups excluding carboxylic acids is 1. The molecule has 0 radical (unpaired) electrons. The van der Waals surface area contributed by atoms with Gasteiger partial charge in [0.1, 0.15) is 0 Å². The lowest BCUT2D eigenvalue weighted by Crippen LogP contribution is -2.33. The topological polar surface area (TPSA) is 47.6 Å². The quantitative estimate of drug-likeness (QED) is 0.634. The van der Waals surface area contributed by atoms with Gasteiger partial charge in [0.25, 0.3) is 0 Å². The van der Waals surface area contributed by atoms with Gasteiger partial charge in [-0.3, -0.25) is 4.79 Å². The average Bonchev–Trinajstić information content (AvgIpc) is 2.43. The first-order valence-electron chi connectivity index (χ1n) is 6.27. The van der Waals surface area contributed by atoms with Crippen molar-refractivity contribution in [3.05, 3.63) is 35.4 Å². The molecule has 1 aromatic rings. The van der Waals surface area contributed by atoms with Crippen molar-refractivity contribution in [2.45, 2.75) is 18.9 Å². The van der Waals surface area contributed by atoms with Crippen molar-refractivity contribution in [2.24, 2.45) is 0 Å². The lowest BCUT2D eigenvalue weighted by atomic mass is 9.91. The average molecular weight is 249 g/mol. The minimum absolute atomic E-state index is 0.147. The molecule has 4 nitrogen and oxygen atoms in total. The van der Waals surface area contributed by atoms with Gasteiger partial charge < -0.3 is 14.8 Å². The second-order valence-corrected chi connectivity index (χ2v) is 4.40. The molecule has 0 aromatic heterocycles. The highest BCUT2D eigenvalue weighted by Gasteiger charge is 2.27. The third-order valence-corrected chi connectivity index (χ3v) is 3.12. The van der Waals surface area contributed by atoms with E-state index in [9.17, 15) is 4.79 Å². The number of hydrogen-bond acceptors (Lipinski definition) is 4. The Balaban J connectivity index is 1.95. The third-order valence-electron chi connectivity index (χ3n) is 3.12. The van der Waals surface area contributed by atoms with Gasteiger partial charge in [0, 0.05) is 33.2 Å². The molecule has 1 atom stereocenters. The maximum atomic E-state index is 12.0. The van der Waals surface area contributed by atoms with Gasteiger partial charge in [-0.05, 0) is 11.1 Å². The second-order valence-electron chi connectivity index (χ2n) is 4.40. The van der Waals surface area contributed by atoms with E-state index >= 15 is 0 Å². The first-order chi connectivity index (χ1) is 8.83. The fraction of sp³-hybridized carbons (Fsp3) is 0.500. The summed E-state index contributed by atoms with van der Waals surface area (Å²) in [7, 11) is 1.64. The molecule has 0 aliphatic carbocycles. The van der Waals surface area contributed by atoms with E-state index in [4.69, 9.17) is 9.47 Å². The van der Waals surface area contributed by atoms with Crippen LogP contribution in [0.1, 0.15) is 23.5 Å². The fourth-order valence-electron chi connectivity index (χ4n) is 2.18. The van der Waals surface area contributed by atoms with Crippen molar-refractivity contribution in [1.82, 2.24) is 5.32 Å². The Labute approximate surface area is 107 Å². The lowest BCUT2D eigenvalue weighted by Gasteiger charge is -2.24. The zero-order valence-corrected chi connectivity index (χ0v) is 10.6. The summed E-state index contributed by atoms with van der Waals surface area (Å²) in [6.45, 7) is 2.52. The smallest absolute Gasteiger partial charge is 0.314 e. The molecule has 1 aliphatic heterocycles. The van der Waals surface area contributed by atoms with Crippen LogP contribution in [0.2, 0.25) is 0 Å². The number of ether oxygens (including phenoxy) is 2. The second kappa shape index (κ2) is 6.52. The van der Waals surface area contributed by atoms with Crippen molar-refractivity contribution in [3.63, 3.8) is 0 Å². The van der Waals surface area contributed by atoms with E-state index in [0.29, 0.717) is 19.8 Å². The predicted molar refractivity (Wildman–Crippen MR) is 68.3 cm³/mol. The molecule has 1 unspecified atom stereocenters. The number of fused-ring (bicyclic) bond motifs is 1. The Morgan fingerprint density at radius 3 is 3.06 bits per heavy atom. The van der Waals surface area contributed by atoms with Crippen molar-refractivity contribution in [2.75, 3.05) is 26.9 Å². The summed E-state index contributed by atoms with van der Waals surface area (Å²) in [4.78, 5) is 12.0. The Morgan fingerprint density at radius 2 is 2.22 bits per heavy atom. The first-order valence-corrected chi connectivity index (χ1v) is 6.27. The summed E-state index contributed by atoms with van der Waals surface area (Å²) in [5.41, 5.74) is 2.27. The van der Waals surface area contributed by atoms with Crippen LogP contribution in [-0.4, -0.2) is 32.8 Å². The van der Waals surface area contributed by atoms with E-state index in [1.54, 1.807) is 7.11 Å². The summed E-state index contributed by atoms with van der Waals surface area (Å²) in [6.07, 6.45) is 0.740. The van der Waals surface area contributed by atoms with Crippen molar-refractivity contribution in [1.29, 1.82) is 0 Å². The van der Waals surface area contributed by atoms with E-state index in [1.807, 2.05) is 24.3 Å². The summed E-state index contributed by atoms with van der Waals surface area (Å²) < 4.78 is 10.2. The minimum Gasteiger partial charge on any atom is -0.465 e. The molecule has 0 bridgehead atoms. The van der Waals surface area contributed by atoms with E-state index in [2.05, 4.69) is 5.32 Å². The molecule has 0 spiro atoms. The van der Waals surface area contributed by atoms with Crippen LogP contribution in [0.5, 0.6) is 0 Å². The van der Waals surface area contributed by atoms with Crippen LogP contribution < -0.4 is 5.32 Å². The molecule has 0 fully saturated rings. The Hall–Kier alpha value is -1.39. The van der Waals surface area contributed by atoms with Crippen LogP contribution in [0.25, 0.3) is 0 Å². The molecule has 1 heterocycles. The first kappa shape index (κ1) is 13.1. The van der Waals surface area contributed by atoms with Crippen molar-refractivity contribution >= 4 is 5.97 Å². The number of hydrogen-bond donors (Lipinski definition) is 1. The number of methoxy groups -OCH3 is 1. The lowest BCUT2D eigenvalue weighted by molar-refractivity contribution is -0.145. The van der Waals surface area contributed by atoms with Gasteiger partial charge in [0.15, 0.2) is 0 Å². The van der Waals surface area contributed by atoms with Crippen LogP contribution in [0.3, 0.4) is 0 Å². The fourth-order valence-corrected chi connectivity index (χ4v) is 2.18. The van der Waals surface area contributed by atoms with Gasteiger partial charge >= 0.3 is 5.97 Å². The molecule has 1 aromatic carbocycles. The molecule has 18 heavy (non-hydrogen) atoms. The standard InChI is InChI=1S/C14H19NO3/c1-17-7-4-8-18-14(16)13-10-15-9-11-5-2-3-6-12(11)13/h2-3,5-6,13,15H,4,7-10H2,1H3. The van der Waals surface area contributed by atoms with Crippen LogP contribution in [0, 0.1) is 0 Å². The maximum Gasteiger partial charge on any atom is 0.314 e. The van der Waals surface area contributed by atoms with Crippen LogP contribution in [-0.2, 0) is 20.8 Å². The van der Waals surface area contributed by atoms with Gasteiger partial charge in [-0.2, -0.15) is 0 Å². The Bertz CT molecular complexity index is 406. The SMILES string of the molecule is COCCCOC(=O)C1CNCc2ccccc21. The zero-order chi connectivity index (χ0) is 12.8. The number of carbonyl (C=O) groups is 1. The Kier molecular flexibility index (Phi) is 4.73. The van der Waals surface area contributed by atoms with Crippen LogP contribution in [0.15, 0.2) is 24.3 Å². The zero-order valence-electron chi connectivity index (χ0n) is 10.6. The largest absolute Gasteiger partial charge is 0.465 e. The molecule has 4 heteroatoms. The van der Waals surface area contributed by atoms with Gasteiger partial charge in [0.2, 0.25) is 0 Å². The highest BCUT2D eigenvalue weighted by molar-refractivity contribution is 5.79. The molecule has 2 rings (SSSR count).